The van der Waals surface area contributed by atoms with Crippen molar-refractivity contribution in [3.05, 3.63) is 69.0 Å². The molecule has 132 valence electrons. The lowest BCUT2D eigenvalue weighted by molar-refractivity contribution is -0.119. The van der Waals surface area contributed by atoms with Gasteiger partial charge in [0.15, 0.2) is 0 Å². The van der Waals surface area contributed by atoms with Gasteiger partial charge in [0, 0.05) is 28.6 Å². The van der Waals surface area contributed by atoms with E-state index >= 15 is 0 Å². The van der Waals surface area contributed by atoms with E-state index in [9.17, 15) is 22.8 Å². The van der Waals surface area contributed by atoms with Crippen LogP contribution in [0.25, 0.3) is 0 Å². The van der Waals surface area contributed by atoms with Crippen LogP contribution in [0.5, 0.6) is 0 Å². The van der Waals surface area contributed by atoms with Crippen molar-refractivity contribution in [2.45, 2.75) is 12.5 Å². The highest BCUT2D eigenvalue weighted by molar-refractivity contribution is 6.35. The summed E-state index contributed by atoms with van der Waals surface area (Å²) in [5, 5.41) is 2.71. The molecule has 0 bridgehead atoms. The number of carbonyl (C=O) groups excluding carboxylic acids is 2. The second kappa shape index (κ2) is 7.76. The molecule has 0 spiro atoms. The molecule has 3 N–H and O–H groups in total. The highest BCUT2D eigenvalue weighted by Gasteiger charge is 2.25. The molecule has 2 amide bonds. The molecule has 0 unspecified atom stereocenters. The van der Waals surface area contributed by atoms with Crippen LogP contribution in [0.2, 0.25) is 10.0 Å². The molecule has 2 rings (SSSR count). The van der Waals surface area contributed by atoms with Crippen molar-refractivity contribution >= 4 is 35.0 Å². The van der Waals surface area contributed by atoms with Crippen LogP contribution in [0.15, 0.2) is 30.3 Å². The number of benzene rings is 2. The zero-order chi connectivity index (χ0) is 18.7. The maximum Gasteiger partial charge on any atom is 0.257 e. The first-order valence-electron chi connectivity index (χ1n) is 6.87. The summed E-state index contributed by atoms with van der Waals surface area (Å²) in [5.74, 6) is -6.16. The third kappa shape index (κ3) is 4.64. The zero-order valence-corrected chi connectivity index (χ0v) is 14.0. The van der Waals surface area contributed by atoms with E-state index < -0.39 is 40.9 Å². The lowest BCUT2D eigenvalue weighted by Crippen LogP contribution is -2.46. The van der Waals surface area contributed by atoms with Crippen molar-refractivity contribution in [2.24, 2.45) is 5.73 Å². The van der Waals surface area contributed by atoms with Gasteiger partial charge in [-0.3, -0.25) is 9.59 Å². The lowest BCUT2D eigenvalue weighted by Gasteiger charge is -2.17. The highest BCUT2D eigenvalue weighted by Crippen LogP contribution is 2.22. The Kier molecular flexibility index (Phi) is 5.92. The van der Waals surface area contributed by atoms with Gasteiger partial charge in [0.05, 0.1) is 0 Å². The smallest absolute Gasteiger partial charge is 0.257 e. The van der Waals surface area contributed by atoms with Gasteiger partial charge in [-0.05, 0) is 17.7 Å². The number of halogens is 5. The van der Waals surface area contributed by atoms with Crippen molar-refractivity contribution in [3.8, 4) is 0 Å². The standard InChI is InChI=1S/C16H11Cl2F3N2O2/c17-8-2-1-7(10(18)4-8)3-13(15(22)24)23-16(25)14-11(20)5-9(19)6-12(14)21/h1-2,4-6,13H,3H2,(H2,22,24)(H,23,25)/t13-/m0/s1. The Morgan fingerprint density at radius 2 is 1.68 bits per heavy atom. The zero-order valence-electron chi connectivity index (χ0n) is 12.5. The second-order valence-electron chi connectivity index (χ2n) is 5.11. The summed E-state index contributed by atoms with van der Waals surface area (Å²) in [5.41, 5.74) is 4.64. The first-order chi connectivity index (χ1) is 11.7. The van der Waals surface area contributed by atoms with Gasteiger partial charge in [0.2, 0.25) is 5.91 Å². The van der Waals surface area contributed by atoms with E-state index in [4.69, 9.17) is 28.9 Å². The third-order valence-corrected chi connectivity index (χ3v) is 3.91. The van der Waals surface area contributed by atoms with Crippen molar-refractivity contribution < 1.29 is 22.8 Å². The molecular weight excluding hydrogens is 380 g/mol. The maximum atomic E-state index is 13.7. The summed E-state index contributed by atoms with van der Waals surface area (Å²) in [6, 6.07) is 3.88. The van der Waals surface area contributed by atoms with Crippen molar-refractivity contribution in [2.75, 3.05) is 0 Å². The molecule has 2 aromatic rings. The van der Waals surface area contributed by atoms with Crippen LogP contribution in [0.3, 0.4) is 0 Å². The first kappa shape index (κ1) is 19.1. The Morgan fingerprint density at radius 3 is 2.20 bits per heavy atom. The maximum absolute atomic E-state index is 13.7. The fourth-order valence-electron chi connectivity index (χ4n) is 2.12. The molecule has 0 aromatic heterocycles. The van der Waals surface area contributed by atoms with Gasteiger partial charge >= 0.3 is 0 Å². The number of nitrogens with two attached hydrogens (primary N) is 1. The summed E-state index contributed by atoms with van der Waals surface area (Å²) in [4.78, 5) is 23.6. The Bertz CT molecular complexity index is 823. The normalized spacial score (nSPS) is 11.9. The van der Waals surface area contributed by atoms with Crippen LogP contribution >= 0.6 is 23.2 Å². The summed E-state index contributed by atoms with van der Waals surface area (Å²) in [6.45, 7) is 0. The van der Waals surface area contributed by atoms with Crippen molar-refractivity contribution in [1.82, 2.24) is 5.32 Å². The van der Waals surface area contributed by atoms with E-state index in [2.05, 4.69) is 5.32 Å². The minimum Gasteiger partial charge on any atom is -0.368 e. The number of carbonyl (C=O) groups is 2. The number of rotatable bonds is 5. The monoisotopic (exact) mass is 390 g/mol. The average Bonchev–Trinajstić information content (AvgIpc) is 2.47. The Labute approximate surface area is 150 Å². The molecule has 25 heavy (non-hydrogen) atoms. The van der Waals surface area contributed by atoms with Gasteiger partial charge in [-0.15, -0.1) is 0 Å². The predicted octanol–water partition coefficient (Wildman–Crippen LogP) is 3.24. The van der Waals surface area contributed by atoms with E-state index in [1.807, 2.05) is 0 Å². The minimum atomic E-state index is -1.40. The van der Waals surface area contributed by atoms with Crippen LogP contribution in [-0.2, 0) is 11.2 Å². The Hall–Kier alpha value is -2.25. The lowest BCUT2D eigenvalue weighted by atomic mass is 10.0. The number of hydrogen-bond donors (Lipinski definition) is 2. The molecule has 0 aliphatic heterocycles. The summed E-state index contributed by atoms with van der Waals surface area (Å²) >= 11 is 11.8. The van der Waals surface area contributed by atoms with Gasteiger partial charge in [-0.1, -0.05) is 29.3 Å². The molecule has 9 heteroatoms. The molecule has 0 saturated carbocycles. The molecule has 4 nitrogen and oxygen atoms in total. The van der Waals surface area contributed by atoms with Crippen LogP contribution in [0, 0.1) is 17.5 Å². The second-order valence-corrected chi connectivity index (χ2v) is 5.96. The predicted molar refractivity (Wildman–Crippen MR) is 86.9 cm³/mol. The van der Waals surface area contributed by atoms with Crippen LogP contribution in [0.4, 0.5) is 13.2 Å². The fourth-order valence-corrected chi connectivity index (χ4v) is 2.61. The summed E-state index contributed by atoms with van der Waals surface area (Å²) < 4.78 is 40.2. The van der Waals surface area contributed by atoms with Gasteiger partial charge < -0.3 is 11.1 Å². The van der Waals surface area contributed by atoms with Crippen LogP contribution in [0.1, 0.15) is 15.9 Å². The molecule has 0 radical (unpaired) electrons. The largest absolute Gasteiger partial charge is 0.368 e. The van der Waals surface area contributed by atoms with Crippen molar-refractivity contribution in [1.29, 1.82) is 0 Å². The molecule has 0 heterocycles. The van der Waals surface area contributed by atoms with Gasteiger partial charge in [0.1, 0.15) is 29.1 Å². The van der Waals surface area contributed by atoms with E-state index in [1.54, 1.807) is 0 Å². The van der Waals surface area contributed by atoms with Gasteiger partial charge in [-0.25, -0.2) is 13.2 Å². The number of amides is 2. The average molecular weight is 391 g/mol. The topological polar surface area (TPSA) is 72.2 Å². The van der Waals surface area contributed by atoms with Crippen LogP contribution < -0.4 is 11.1 Å². The molecular formula is C16H11Cl2F3N2O2. The SMILES string of the molecule is NC(=O)[C@H](Cc1ccc(Cl)cc1Cl)NC(=O)c1c(F)cc(F)cc1F. The number of nitrogens with one attached hydrogen (secondary N) is 1. The third-order valence-electron chi connectivity index (χ3n) is 3.32. The minimum absolute atomic E-state index is 0.124. The molecule has 1 atom stereocenters. The molecule has 2 aromatic carbocycles. The molecule has 0 saturated heterocycles. The van der Waals surface area contributed by atoms with E-state index in [0.717, 1.165) is 0 Å². The quantitative estimate of drug-likeness (QED) is 0.822. The van der Waals surface area contributed by atoms with Gasteiger partial charge in [0.25, 0.3) is 5.91 Å². The summed E-state index contributed by atoms with van der Waals surface area (Å²) in [7, 11) is 0. The van der Waals surface area contributed by atoms with E-state index in [0.29, 0.717) is 22.7 Å². The molecule has 0 aliphatic carbocycles. The van der Waals surface area contributed by atoms with E-state index in [1.165, 1.54) is 18.2 Å². The van der Waals surface area contributed by atoms with Gasteiger partial charge in [-0.2, -0.15) is 0 Å². The highest BCUT2D eigenvalue weighted by atomic mass is 35.5. The Morgan fingerprint density at radius 1 is 1.08 bits per heavy atom. The number of hydrogen-bond acceptors (Lipinski definition) is 2. The molecule has 0 aliphatic rings. The van der Waals surface area contributed by atoms with E-state index in [-0.39, 0.29) is 11.4 Å². The Balaban J connectivity index is 2.25. The summed E-state index contributed by atoms with van der Waals surface area (Å²) in [6.07, 6.45) is -0.124. The first-order valence-corrected chi connectivity index (χ1v) is 7.63. The van der Waals surface area contributed by atoms with Crippen molar-refractivity contribution in [3.63, 3.8) is 0 Å². The number of primary amides is 1. The molecule has 0 fully saturated rings. The van der Waals surface area contributed by atoms with Crippen LogP contribution in [-0.4, -0.2) is 17.9 Å². The fraction of sp³-hybridized carbons (Fsp3) is 0.125.